The maximum atomic E-state index is 13.6. The van der Waals surface area contributed by atoms with Gasteiger partial charge in [-0.2, -0.15) is 0 Å². The largest absolute Gasteiger partial charge is 0.335 e. The lowest BCUT2D eigenvalue weighted by Gasteiger charge is -2.26. The molecule has 2 aromatic rings. The number of benzene rings is 1. The van der Waals surface area contributed by atoms with Crippen LogP contribution in [-0.4, -0.2) is 22.8 Å². The fourth-order valence-corrected chi connectivity index (χ4v) is 2.23. The quantitative estimate of drug-likeness (QED) is 0.864. The van der Waals surface area contributed by atoms with E-state index in [1.54, 1.807) is 13.1 Å². The number of hydrogen-bond donors (Lipinski definition) is 0. The van der Waals surface area contributed by atoms with Crippen LogP contribution in [0.1, 0.15) is 28.9 Å². The minimum absolute atomic E-state index is 0.00130. The van der Waals surface area contributed by atoms with Crippen molar-refractivity contribution in [2.24, 2.45) is 0 Å². The summed E-state index contributed by atoms with van der Waals surface area (Å²) < 4.78 is 13.6. The Morgan fingerprint density at radius 2 is 2.05 bits per heavy atom. The molecule has 0 saturated heterocycles. The Morgan fingerprint density at radius 1 is 1.35 bits per heavy atom. The minimum atomic E-state index is -0.629. The third-order valence-corrected chi connectivity index (χ3v) is 3.60. The van der Waals surface area contributed by atoms with Gasteiger partial charge in [0.15, 0.2) is 5.82 Å². The summed E-state index contributed by atoms with van der Waals surface area (Å²) in [7, 11) is 1.62. The minimum Gasteiger partial charge on any atom is -0.335 e. The van der Waals surface area contributed by atoms with E-state index in [1.165, 1.54) is 17.2 Å². The lowest BCUT2D eigenvalue weighted by atomic mass is 10.1. The summed E-state index contributed by atoms with van der Waals surface area (Å²) in [5.74, 6) is -1.03. The third kappa shape index (κ3) is 2.80. The predicted octanol–water partition coefficient (Wildman–Crippen LogP) is 3.71. The highest BCUT2D eigenvalue weighted by atomic mass is 35.5. The van der Waals surface area contributed by atoms with Gasteiger partial charge in [-0.3, -0.25) is 9.78 Å². The van der Waals surface area contributed by atoms with Crippen molar-refractivity contribution in [3.8, 4) is 0 Å². The van der Waals surface area contributed by atoms with Gasteiger partial charge in [-0.25, -0.2) is 4.39 Å². The Bertz CT molecular complexity index is 633. The smallest absolute Gasteiger partial charge is 0.257 e. The number of carbonyl (C=O) groups is 1. The van der Waals surface area contributed by atoms with Gasteiger partial charge in [0.1, 0.15) is 0 Å². The van der Waals surface area contributed by atoms with Crippen molar-refractivity contribution >= 4 is 17.5 Å². The predicted molar refractivity (Wildman–Crippen MR) is 76.2 cm³/mol. The van der Waals surface area contributed by atoms with Crippen LogP contribution in [0.25, 0.3) is 0 Å². The van der Waals surface area contributed by atoms with Crippen molar-refractivity contribution in [1.29, 1.82) is 0 Å². The zero-order valence-electron chi connectivity index (χ0n) is 11.2. The van der Waals surface area contributed by atoms with Crippen LogP contribution in [0, 0.1) is 5.82 Å². The lowest BCUT2D eigenvalue weighted by Crippen LogP contribution is -2.30. The van der Waals surface area contributed by atoms with E-state index >= 15 is 0 Å². The fourth-order valence-electron chi connectivity index (χ4n) is 1.94. The van der Waals surface area contributed by atoms with Crippen molar-refractivity contribution in [3.63, 3.8) is 0 Å². The van der Waals surface area contributed by atoms with E-state index in [4.69, 9.17) is 11.6 Å². The fraction of sp³-hybridized carbons (Fsp3) is 0.200. The Morgan fingerprint density at radius 3 is 2.70 bits per heavy atom. The molecule has 0 saturated carbocycles. The monoisotopic (exact) mass is 292 g/mol. The molecule has 1 amide bonds. The van der Waals surface area contributed by atoms with E-state index in [0.717, 1.165) is 11.8 Å². The van der Waals surface area contributed by atoms with Crippen LogP contribution in [0.5, 0.6) is 0 Å². The van der Waals surface area contributed by atoms with Crippen molar-refractivity contribution < 1.29 is 9.18 Å². The molecular weight excluding hydrogens is 279 g/mol. The van der Waals surface area contributed by atoms with Gasteiger partial charge in [0.25, 0.3) is 5.91 Å². The van der Waals surface area contributed by atoms with E-state index in [2.05, 4.69) is 4.98 Å². The lowest BCUT2D eigenvalue weighted by molar-refractivity contribution is 0.0738. The zero-order valence-corrected chi connectivity index (χ0v) is 11.9. The first-order valence-corrected chi connectivity index (χ1v) is 6.51. The molecule has 1 aromatic heterocycles. The third-order valence-electron chi connectivity index (χ3n) is 3.26. The van der Waals surface area contributed by atoms with Gasteiger partial charge in [-0.1, -0.05) is 29.8 Å². The van der Waals surface area contributed by atoms with E-state index < -0.39 is 11.7 Å². The van der Waals surface area contributed by atoms with E-state index in [0.29, 0.717) is 5.02 Å². The molecule has 104 valence electrons. The van der Waals surface area contributed by atoms with Crippen molar-refractivity contribution in [2.75, 3.05) is 7.05 Å². The van der Waals surface area contributed by atoms with Gasteiger partial charge in [0.05, 0.1) is 17.8 Å². The van der Waals surface area contributed by atoms with Gasteiger partial charge in [0, 0.05) is 18.3 Å². The molecule has 0 fully saturated rings. The topological polar surface area (TPSA) is 33.2 Å². The molecular formula is C15H14ClFN2O. The van der Waals surface area contributed by atoms with Crippen molar-refractivity contribution in [2.45, 2.75) is 13.0 Å². The van der Waals surface area contributed by atoms with Gasteiger partial charge >= 0.3 is 0 Å². The SMILES string of the molecule is CC(c1ccccc1Cl)N(C)C(=O)c1ccncc1F. The molecule has 0 radical (unpaired) electrons. The van der Waals surface area contributed by atoms with Gasteiger partial charge in [-0.15, -0.1) is 0 Å². The Hall–Kier alpha value is -1.94. The highest BCUT2D eigenvalue weighted by Gasteiger charge is 2.22. The molecule has 0 aliphatic heterocycles. The second kappa shape index (κ2) is 6.01. The number of hydrogen-bond acceptors (Lipinski definition) is 2. The molecule has 5 heteroatoms. The summed E-state index contributed by atoms with van der Waals surface area (Å²) in [6.45, 7) is 1.85. The van der Waals surface area contributed by atoms with Crippen LogP contribution in [0.15, 0.2) is 42.7 Å². The number of nitrogens with zero attached hydrogens (tertiary/aromatic N) is 2. The summed E-state index contributed by atoms with van der Waals surface area (Å²) in [4.78, 5) is 17.4. The first-order valence-electron chi connectivity index (χ1n) is 6.13. The summed E-state index contributed by atoms with van der Waals surface area (Å²) in [6, 6.07) is 8.39. The summed E-state index contributed by atoms with van der Waals surface area (Å²) >= 11 is 6.12. The first kappa shape index (κ1) is 14.5. The van der Waals surface area contributed by atoms with Crippen molar-refractivity contribution in [3.05, 3.63) is 64.7 Å². The summed E-state index contributed by atoms with van der Waals surface area (Å²) in [6.07, 6.45) is 2.42. The van der Waals surface area contributed by atoms with Crippen LogP contribution in [-0.2, 0) is 0 Å². The van der Waals surface area contributed by atoms with Crippen LogP contribution in [0.3, 0.4) is 0 Å². The van der Waals surface area contributed by atoms with Crippen LogP contribution in [0.2, 0.25) is 5.02 Å². The average Bonchev–Trinajstić information content (AvgIpc) is 2.46. The van der Waals surface area contributed by atoms with Gasteiger partial charge in [0.2, 0.25) is 0 Å². The standard InChI is InChI=1S/C15H14ClFN2O/c1-10(11-5-3-4-6-13(11)16)19(2)15(20)12-7-8-18-9-14(12)17/h3-10H,1-2H3. The molecule has 20 heavy (non-hydrogen) atoms. The van der Waals surface area contributed by atoms with Crippen LogP contribution in [0.4, 0.5) is 4.39 Å². The second-order valence-electron chi connectivity index (χ2n) is 4.47. The number of aromatic nitrogens is 1. The maximum absolute atomic E-state index is 13.6. The zero-order chi connectivity index (χ0) is 14.7. The van der Waals surface area contributed by atoms with Gasteiger partial charge < -0.3 is 4.90 Å². The van der Waals surface area contributed by atoms with Crippen molar-refractivity contribution in [1.82, 2.24) is 9.88 Å². The molecule has 0 aliphatic carbocycles. The molecule has 0 spiro atoms. The summed E-state index contributed by atoms with van der Waals surface area (Å²) in [5, 5.41) is 0.579. The Kier molecular flexibility index (Phi) is 4.35. The first-order chi connectivity index (χ1) is 9.52. The Balaban J connectivity index is 2.28. The molecule has 1 heterocycles. The van der Waals surface area contributed by atoms with E-state index in [-0.39, 0.29) is 11.6 Å². The molecule has 2 rings (SSSR count). The molecule has 1 atom stereocenters. The highest BCUT2D eigenvalue weighted by Crippen LogP contribution is 2.27. The van der Waals surface area contributed by atoms with Crippen LogP contribution < -0.4 is 0 Å². The molecule has 0 N–H and O–H groups in total. The molecule has 0 bridgehead atoms. The highest BCUT2D eigenvalue weighted by molar-refractivity contribution is 6.31. The number of rotatable bonds is 3. The average molecular weight is 293 g/mol. The molecule has 1 unspecified atom stereocenters. The normalized spacial score (nSPS) is 12.0. The number of halogens is 2. The second-order valence-corrected chi connectivity index (χ2v) is 4.88. The van der Waals surface area contributed by atoms with Gasteiger partial charge in [-0.05, 0) is 24.6 Å². The Labute approximate surface area is 122 Å². The van der Waals surface area contributed by atoms with Crippen LogP contribution >= 0.6 is 11.6 Å². The number of amides is 1. The summed E-state index contributed by atoms with van der Waals surface area (Å²) in [5.41, 5.74) is 0.820. The molecule has 3 nitrogen and oxygen atoms in total. The molecule has 0 aliphatic rings. The number of pyridine rings is 1. The number of carbonyl (C=O) groups excluding carboxylic acids is 1. The van der Waals surface area contributed by atoms with E-state index in [1.807, 2.05) is 25.1 Å². The molecule has 1 aromatic carbocycles. The van der Waals surface area contributed by atoms with E-state index in [9.17, 15) is 9.18 Å². The maximum Gasteiger partial charge on any atom is 0.257 e.